The molecule has 2 N–H and O–H groups in total. The average Bonchev–Trinajstić information content (AvgIpc) is 2.35. The molecule has 0 bridgehead atoms. The van der Waals surface area contributed by atoms with Gasteiger partial charge in [0.2, 0.25) is 0 Å². The van der Waals surface area contributed by atoms with Gasteiger partial charge in [-0.25, -0.2) is 0 Å². The summed E-state index contributed by atoms with van der Waals surface area (Å²) in [5, 5.41) is 45.8. The quantitative estimate of drug-likeness (QED) is 0.345. The van der Waals surface area contributed by atoms with Crippen LogP contribution >= 0.6 is 0 Å². The molecule has 0 rings (SSSR count). The Morgan fingerprint density at radius 1 is 0.706 bits per heavy atom. The van der Waals surface area contributed by atoms with Gasteiger partial charge >= 0.3 is 16.5 Å². The molecule has 0 unspecified atom stereocenters. The molecule has 0 aromatic heterocycles. The van der Waals surface area contributed by atoms with Crippen molar-refractivity contribution < 1.29 is 26.9 Å². The Bertz CT molecular complexity index is 261. The molecular weight excluding hydrogens is 275 g/mol. The molecule has 0 aliphatic carbocycles. The van der Waals surface area contributed by atoms with Gasteiger partial charge in [0, 0.05) is 0 Å². The summed E-state index contributed by atoms with van der Waals surface area (Å²) in [6, 6.07) is 0. The Balaban J connectivity index is -0.000000218. The molecule has 0 radical (unpaired) electrons. The summed E-state index contributed by atoms with van der Waals surface area (Å²) in [4.78, 5) is 0. The molecule has 0 atom stereocenters. The monoisotopic (exact) mass is 288 g/mol. The van der Waals surface area contributed by atoms with Crippen LogP contribution < -0.4 is 0 Å². The van der Waals surface area contributed by atoms with Crippen LogP contribution in [0.15, 0.2) is 20.6 Å². The molecule has 0 aliphatic heterocycles. The molecular formula is C8H14N4NiO4. The van der Waals surface area contributed by atoms with Gasteiger partial charge in [-0.05, 0) is 27.7 Å². The SMILES string of the molecule is CC(=N[O-])C(C)=NO.CC(=N[O-])C(C)=NO.[Ni+2]. The van der Waals surface area contributed by atoms with Crippen molar-refractivity contribution in [3.8, 4) is 0 Å². The first-order valence-corrected chi connectivity index (χ1v) is 4.16. The third-order valence-electron chi connectivity index (χ3n) is 1.62. The zero-order valence-electron chi connectivity index (χ0n) is 9.82. The summed E-state index contributed by atoms with van der Waals surface area (Å²) < 4.78 is 0. The third-order valence-corrected chi connectivity index (χ3v) is 1.62. The number of nitrogens with zero attached hydrogens (tertiary/aromatic N) is 4. The molecule has 9 heteroatoms. The zero-order valence-corrected chi connectivity index (χ0v) is 10.8. The van der Waals surface area contributed by atoms with Gasteiger partial charge in [-0.1, -0.05) is 10.3 Å². The van der Waals surface area contributed by atoms with Crippen molar-refractivity contribution in [3.63, 3.8) is 0 Å². The maximum Gasteiger partial charge on any atom is 2.00 e. The second kappa shape index (κ2) is 12.4. The van der Waals surface area contributed by atoms with E-state index >= 15 is 0 Å². The van der Waals surface area contributed by atoms with Gasteiger partial charge in [0.1, 0.15) is 0 Å². The van der Waals surface area contributed by atoms with E-state index in [2.05, 4.69) is 20.6 Å². The van der Waals surface area contributed by atoms with E-state index in [0.717, 1.165) is 0 Å². The molecule has 100 valence electrons. The average molecular weight is 289 g/mol. The van der Waals surface area contributed by atoms with Crippen LogP contribution in [0.4, 0.5) is 0 Å². The van der Waals surface area contributed by atoms with Gasteiger partial charge in [0.25, 0.3) is 0 Å². The summed E-state index contributed by atoms with van der Waals surface area (Å²) in [6.45, 7) is 5.94. The maximum absolute atomic E-state index is 9.63. The van der Waals surface area contributed by atoms with Crippen molar-refractivity contribution in [3.05, 3.63) is 10.4 Å². The molecule has 0 aromatic rings. The summed E-state index contributed by atoms with van der Waals surface area (Å²) in [6.07, 6.45) is 0. The van der Waals surface area contributed by atoms with Crippen LogP contribution in [0.25, 0.3) is 0 Å². The second-order valence-corrected chi connectivity index (χ2v) is 2.72. The van der Waals surface area contributed by atoms with E-state index in [9.17, 15) is 10.4 Å². The van der Waals surface area contributed by atoms with Crippen molar-refractivity contribution in [1.82, 2.24) is 0 Å². The summed E-state index contributed by atoms with van der Waals surface area (Å²) in [5.74, 6) is 0. The predicted octanol–water partition coefficient (Wildman–Crippen LogP) is 1.59. The molecule has 0 spiro atoms. The number of hydrogen-bond donors (Lipinski definition) is 2. The molecule has 0 amide bonds. The standard InChI is InChI=1S/2C4H8N2O2.Ni/c2*1-3(5-7)4(2)6-8;/h2*7-8H,1-2H3;/q;;+2/p-2. The van der Waals surface area contributed by atoms with Gasteiger partial charge < -0.3 is 31.1 Å². The molecule has 8 nitrogen and oxygen atoms in total. The summed E-state index contributed by atoms with van der Waals surface area (Å²) >= 11 is 0. The Hall–Kier alpha value is -1.63. The van der Waals surface area contributed by atoms with Crippen LogP contribution in [0.3, 0.4) is 0 Å². The largest absolute Gasteiger partial charge is 2.00 e. The van der Waals surface area contributed by atoms with E-state index in [1.807, 2.05) is 0 Å². The summed E-state index contributed by atoms with van der Waals surface area (Å²) in [5.41, 5.74) is 0.903. The first kappa shape index (κ1) is 20.7. The number of hydrogen-bond acceptors (Lipinski definition) is 8. The number of oxime groups is 2. The molecule has 0 aromatic carbocycles. The fourth-order valence-corrected chi connectivity index (χ4v) is 0.277. The Morgan fingerprint density at radius 3 is 1.00 bits per heavy atom. The Labute approximate surface area is 109 Å². The van der Waals surface area contributed by atoms with Crippen LogP contribution in [0, 0.1) is 10.4 Å². The van der Waals surface area contributed by atoms with Crippen LogP contribution in [-0.4, -0.2) is 33.3 Å². The minimum absolute atomic E-state index is 0. The van der Waals surface area contributed by atoms with Gasteiger partial charge in [-0.15, -0.1) is 0 Å². The Kier molecular flexibility index (Phi) is 15.2. The van der Waals surface area contributed by atoms with Gasteiger partial charge in [0.15, 0.2) is 0 Å². The normalized spacial score (nSPS) is 13.4. The van der Waals surface area contributed by atoms with E-state index in [0.29, 0.717) is 0 Å². The fraction of sp³-hybridized carbons (Fsp3) is 0.500. The van der Waals surface area contributed by atoms with Crippen LogP contribution in [0.5, 0.6) is 0 Å². The molecule has 17 heavy (non-hydrogen) atoms. The predicted molar refractivity (Wildman–Crippen MR) is 62.7 cm³/mol. The first-order chi connectivity index (χ1) is 7.44. The number of rotatable bonds is 2. The van der Waals surface area contributed by atoms with Gasteiger partial charge in [-0.2, -0.15) is 0 Å². The van der Waals surface area contributed by atoms with Crippen LogP contribution in [0.2, 0.25) is 0 Å². The van der Waals surface area contributed by atoms with E-state index in [4.69, 9.17) is 10.4 Å². The van der Waals surface area contributed by atoms with E-state index in [1.54, 1.807) is 0 Å². The van der Waals surface area contributed by atoms with Crippen LogP contribution in [0.1, 0.15) is 27.7 Å². The Morgan fingerprint density at radius 2 is 0.941 bits per heavy atom. The molecule has 0 heterocycles. The van der Waals surface area contributed by atoms with E-state index in [1.165, 1.54) is 27.7 Å². The first-order valence-electron chi connectivity index (χ1n) is 4.16. The second-order valence-electron chi connectivity index (χ2n) is 2.72. The van der Waals surface area contributed by atoms with Gasteiger partial charge in [0.05, 0.1) is 22.8 Å². The van der Waals surface area contributed by atoms with Gasteiger partial charge in [-0.3, -0.25) is 0 Å². The van der Waals surface area contributed by atoms with Crippen LogP contribution in [-0.2, 0) is 16.5 Å². The van der Waals surface area contributed by atoms with Crippen molar-refractivity contribution in [2.75, 3.05) is 0 Å². The minimum atomic E-state index is 0. The van der Waals surface area contributed by atoms with E-state index in [-0.39, 0.29) is 39.3 Å². The maximum atomic E-state index is 9.63. The van der Waals surface area contributed by atoms with Crippen molar-refractivity contribution >= 4 is 22.8 Å². The molecule has 0 aliphatic rings. The third kappa shape index (κ3) is 10.7. The fourth-order valence-electron chi connectivity index (χ4n) is 0.277. The summed E-state index contributed by atoms with van der Waals surface area (Å²) in [7, 11) is 0. The molecule has 0 saturated carbocycles. The molecule has 0 saturated heterocycles. The van der Waals surface area contributed by atoms with Crippen molar-refractivity contribution in [2.24, 2.45) is 20.6 Å². The topological polar surface area (TPSA) is 136 Å². The van der Waals surface area contributed by atoms with Crippen molar-refractivity contribution in [2.45, 2.75) is 27.7 Å². The van der Waals surface area contributed by atoms with Crippen molar-refractivity contribution in [1.29, 1.82) is 0 Å². The van der Waals surface area contributed by atoms with E-state index < -0.39 is 0 Å². The zero-order chi connectivity index (χ0) is 13.1. The minimum Gasteiger partial charge on any atom is -0.792 e. The molecule has 0 fully saturated rings. The smallest absolute Gasteiger partial charge is 0.792 e.